The highest BCUT2D eigenvalue weighted by molar-refractivity contribution is 5.76. The molecule has 0 bridgehead atoms. The third-order valence-corrected chi connectivity index (χ3v) is 5.07. The van der Waals surface area contributed by atoms with Crippen molar-refractivity contribution in [3.8, 4) is 0 Å². The summed E-state index contributed by atoms with van der Waals surface area (Å²) in [5.74, 6) is 0.253. The van der Waals surface area contributed by atoms with E-state index in [9.17, 15) is 4.79 Å². The van der Waals surface area contributed by atoms with Gasteiger partial charge < -0.3 is 19.3 Å². The zero-order valence-electron chi connectivity index (χ0n) is 13.9. The Morgan fingerprint density at radius 3 is 2.62 bits per heavy atom. The normalized spacial score (nSPS) is 28.5. The van der Waals surface area contributed by atoms with Crippen molar-refractivity contribution < 1.29 is 14.3 Å². The molecule has 21 heavy (non-hydrogen) atoms. The first kappa shape index (κ1) is 16.7. The predicted octanol–water partition coefficient (Wildman–Crippen LogP) is 1.37. The van der Waals surface area contributed by atoms with E-state index in [1.54, 1.807) is 0 Å². The van der Waals surface area contributed by atoms with Crippen molar-refractivity contribution in [1.82, 2.24) is 9.80 Å². The van der Waals surface area contributed by atoms with Gasteiger partial charge in [-0.3, -0.25) is 4.79 Å². The van der Waals surface area contributed by atoms with Crippen LogP contribution in [-0.4, -0.2) is 74.4 Å². The molecule has 0 spiro atoms. The lowest BCUT2D eigenvalue weighted by atomic mass is 9.64. The predicted molar refractivity (Wildman–Crippen MR) is 82.2 cm³/mol. The molecule has 1 saturated heterocycles. The fraction of sp³-hybridized carbons (Fsp3) is 0.938. The molecule has 0 N–H and O–H groups in total. The summed E-state index contributed by atoms with van der Waals surface area (Å²) in [6.45, 7) is 11.0. The van der Waals surface area contributed by atoms with E-state index >= 15 is 0 Å². The molecule has 0 aromatic heterocycles. The van der Waals surface area contributed by atoms with Crippen molar-refractivity contribution in [2.45, 2.75) is 45.8 Å². The molecule has 5 nitrogen and oxygen atoms in total. The topological polar surface area (TPSA) is 42.0 Å². The van der Waals surface area contributed by atoms with Gasteiger partial charge in [-0.1, -0.05) is 13.8 Å². The molecule has 0 aromatic rings. The Balaban J connectivity index is 1.74. The maximum atomic E-state index is 12.2. The van der Waals surface area contributed by atoms with Crippen LogP contribution in [0.3, 0.4) is 0 Å². The Morgan fingerprint density at radius 1 is 1.38 bits per heavy atom. The van der Waals surface area contributed by atoms with E-state index in [2.05, 4.69) is 25.8 Å². The molecule has 1 aliphatic heterocycles. The van der Waals surface area contributed by atoms with Gasteiger partial charge in [0.1, 0.15) is 0 Å². The second-order valence-corrected chi connectivity index (χ2v) is 6.74. The monoisotopic (exact) mass is 298 g/mol. The van der Waals surface area contributed by atoms with E-state index in [-0.39, 0.29) is 11.3 Å². The Morgan fingerprint density at radius 2 is 2.05 bits per heavy atom. The first-order valence-electron chi connectivity index (χ1n) is 8.14. The number of carbonyl (C=O) groups excluding carboxylic acids is 1. The summed E-state index contributed by atoms with van der Waals surface area (Å²) in [4.78, 5) is 16.4. The molecule has 1 saturated carbocycles. The second kappa shape index (κ2) is 7.07. The Labute approximate surface area is 128 Å². The average molecular weight is 298 g/mol. The van der Waals surface area contributed by atoms with Gasteiger partial charge in [0.25, 0.3) is 0 Å². The SMILES string of the molecule is CCO[C@H]1C[C@@H](N(C)CCC(=O)N2CCOCC2)C1(C)C. The molecular formula is C16H30N2O3. The van der Waals surface area contributed by atoms with Gasteiger partial charge in [-0.25, -0.2) is 0 Å². The lowest BCUT2D eigenvalue weighted by Gasteiger charge is -2.55. The van der Waals surface area contributed by atoms with Gasteiger partial charge in [0, 0.05) is 44.1 Å². The quantitative estimate of drug-likeness (QED) is 0.743. The Bertz CT molecular complexity index is 353. The van der Waals surface area contributed by atoms with E-state index < -0.39 is 0 Å². The number of hydrogen-bond donors (Lipinski definition) is 0. The van der Waals surface area contributed by atoms with Crippen molar-refractivity contribution >= 4 is 5.91 Å². The van der Waals surface area contributed by atoms with Crippen molar-refractivity contribution in [1.29, 1.82) is 0 Å². The van der Waals surface area contributed by atoms with Crippen LogP contribution in [0.1, 0.15) is 33.6 Å². The van der Waals surface area contributed by atoms with Gasteiger partial charge in [0.15, 0.2) is 0 Å². The van der Waals surface area contributed by atoms with Crippen LogP contribution in [0, 0.1) is 5.41 Å². The molecule has 122 valence electrons. The van der Waals surface area contributed by atoms with Gasteiger partial charge in [0.2, 0.25) is 5.91 Å². The van der Waals surface area contributed by atoms with Crippen LogP contribution in [-0.2, 0) is 14.3 Å². The average Bonchev–Trinajstić information content (AvgIpc) is 2.49. The first-order chi connectivity index (χ1) is 9.96. The lowest BCUT2D eigenvalue weighted by Crippen LogP contribution is -2.61. The van der Waals surface area contributed by atoms with E-state index in [4.69, 9.17) is 9.47 Å². The number of amides is 1. The molecule has 2 atom stereocenters. The number of morpholine rings is 1. The van der Waals surface area contributed by atoms with Gasteiger partial charge in [-0.15, -0.1) is 0 Å². The van der Waals surface area contributed by atoms with Crippen LogP contribution in [0.5, 0.6) is 0 Å². The highest BCUT2D eigenvalue weighted by atomic mass is 16.5. The van der Waals surface area contributed by atoms with Crippen molar-refractivity contribution in [2.24, 2.45) is 5.41 Å². The van der Waals surface area contributed by atoms with E-state index in [1.165, 1.54) is 0 Å². The molecular weight excluding hydrogens is 268 g/mol. The Kier molecular flexibility index (Phi) is 5.63. The van der Waals surface area contributed by atoms with Crippen molar-refractivity contribution in [2.75, 3.05) is 46.5 Å². The summed E-state index contributed by atoms with van der Waals surface area (Å²) >= 11 is 0. The molecule has 0 aromatic carbocycles. The largest absolute Gasteiger partial charge is 0.378 e. The number of hydrogen-bond acceptors (Lipinski definition) is 4. The second-order valence-electron chi connectivity index (χ2n) is 6.74. The fourth-order valence-electron chi connectivity index (χ4n) is 3.50. The van der Waals surface area contributed by atoms with Crippen LogP contribution in [0.2, 0.25) is 0 Å². The van der Waals surface area contributed by atoms with Crippen LogP contribution in [0.4, 0.5) is 0 Å². The van der Waals surface area contributed by atoms with Gasteiger partial charge in [0.05, 0.1) is 19.3 Å². The number of carbonyl (C=O) groups is 1. The molecule has 2 aliphatic rings. The van der Waals surface area contributed by atoms with Crippen molar-refractivity contribution in [3.05, 3.63) is 0 Å². The van der Waals surface area contributed by atoms with Crippen LogP contribution in [0.15, 0.2) is 0 Å². The van der Waals surface area contributed by atoms with E-state index in [0.29, 0.717) is 31.8 Å². The van der Waals surface area contributed by atoms with E-state index in [0.717, 1.165) is 32.7 Å². The third kappa shape index (κ3) is 3.76. The number of rotatable bonds is 6. The zero-order valence-corrected chi connectivity index (χ0v) is 13.9. The highest BCUT2D eigenvalue weighted by Crippen LogP contribution is 2.45. The molecule has 5 heteroatoms. The smallest absolute Gasteiger partial charge is 0.224 e. The molecule has 0 radical (unpaired) electrons. The molecule has 1 heterocycles. The Hall–Kier alpha value is -0.650. The summed E-state index contributed by atoms with van der Waals surface area (Å²) in [5, 5.41) is 0. The summed E-state index contributed by atoms with van der Waals surface area (Å²) in [7, 11) is 2.13. The summed E-state index contributed by atoms with van der Waals surface area (Å²) in [5.41, 5.74) is 0.173. The summed E-state index contributed by atoms with van der Waals surface area (Å²) in [6.07, 6.45) is 2.02. The molecule has 1 amide bonds. The molecule has 0 unspecified atom stereocenters. The summed E-state index contributed by atoms with van der Waals surface area (Å²) in [6, 6.07) is 0.506. The zero-order chi connectivity index (χ0) is 15.5. The van der Waals surface area contributed by atoms with E-state index in [1.807, 2.05) is 11.8 Å². The maximum Gasteiger partial charge on any atom is 0.224 e. The van der Waals surface area contributed by atoms with Crippen LogP contribution < -0.4 is 0 Å². The lowest BCUT2D eigenvalue weighted by molar-refractivity contribution is -0.148. The van der Waals surface area contributed by atoms with Crippen LogP contribution in [0.25, 0.3) is 0 Å². The molecule has 1 aliphatic carbocycles. The minimum atomic E-state index is 0.173. The number of ether oxygens (including phenoxy) is 2. The van der Waals surface area contributed by atoms with Crippen molar-refractivity contribution in [3.63, 3.8) is 0 Å². The van der Waals surface area contributed by atoms with Crippen LogP contribution >= 0.6 is 0 Å². The van der Waals surface area contributed by atoms with Gasteiger partial charge in [-0.2, -0.15) is 0 Å². The standard InChI is InChI=1S/C16H30N2O3/c1-5-21-14-12-13(16(14,2)3)17(4)7-6-15(19)18-8-10-20-11-9-18/h13-14H,5-12H2,1-4H3/t13-,14+/m1/s1. The molecule has 2 rings (SSSR count). The highest BCUT2D eigenvalue weighted by Gasteiger charge is 2.50. The third-order valence-electron chi connectivity index (χ3n) is 5.07. The number of nitrogens with zero attached hydrogens (tertiary/aromatic N) is 2. The maximum absolute atomic E-state index is 12.2. The molecule has 2 fully saturated rings. The van der Waals surface area contributed by atoms with Gasteiger partial charge in [-0.05, 0) is 20.4 Å². The first-order valence-corrected chi connectivity index (χ1v) is 8.14. The van der Waals surface area contributed by atoms with Gasteiger partial charge >= 0.3 is 0 Å². The minimum Gasteiger partial charge on any atom is -0.378 e. The summed E-state index contributed by atoms with van der Waals surface area (Å²) < 4.78 is 11.1. The minimum absolute atomic E-state index is 0.173. The fourth-order valence-corrected chi connectivity index (χ4v) is 3.50.